The highest BCUT2D eigenvalue weighted by molar-refractivity contribution is 6.31. The summed E-state index contributed by atoms with van der Waals surface area (Å²) in [6.07, 6.45) is 5.43. The minimum absolute atomic E-state index is 0.235. The lowest BCUT2D eigenvalue weighted by atomic mass is 9.82. The van der Waals surface area contributed by atoms with Crippen molar-refractivity contribution in [1.29, 1.82) is 0 Å². The zero-order valence-corrected chi connectivity index (χ0v) is 18.5. The molecular weight excluding hydrogens is 372 g/mol. The number of rotatable bonds is 8. The van der Waals surface area contributed by atoms with Crippen LogP contribution in [-0.2, 0) is 11.3 Å². The van der Waals surface area contributed by atoms with Gasteiger partial charge in [-0.05, 0) is 68.7 Å². The van der Waals surface area contributed by atoms with Crippen LogP contribution in [0.4, 0.5) is 0 Å². The first-order valence-electron chi connectivity index (χ1n) is 10.7. The first-order valence-corrected chi connectivity index (χ1v) is 11.1. The van der Waals surface area contributed by atoms with Crippen LogP contribution in [0, 0.1) is 11.8 Å². The first-order chi connectivity index (χ1) is 13.3. The predicted octanol–water partition coefficient (Wildman–Crippen LogP) is 4.99. The maximum absolute atomic E-state index is 12.1. The molecule has 1 aliphatic carbocycles. The molecule has 2 aliphatic rings. The van der Waals surface area contributed by atoms with Crippen LogP contribution in [0.25, 0.3) is 0 Å². The number of halogens is 1. The minimum Gasteiger partial charge on any atom is -0.490 e. The van der Waals surface area contributed by atoms with Gasteiger partial charge in [0.05, 0.1) is 6.10 Å². The van der Waals surface area contributed by atoms with Crippen LogP contribution in [0.3, 0.4) is 0 Å². The second-order valence-electron chi connectivity index (χ2n) is 9.16. The second kappa shape index (κ2) is 9.49. The molecule has 1 aliphatic heterocycles. The Morgan fingerprint density at radius 2 is 2.11 bits per heavy atom. The lowest BCUT2D eigenvalue weighted by molar-refractivity contribution is -0.132. The van der Waals surface area contributed by atoms with E-state index in [-0.39, 0.29) is 12.0 Å². The van der Waals surface area contributed by atoms with Crippen molar-refractivity contribution in [1.82, 2.24) is 9.80 Å². The molecule has 0 N–H and O–H groups in total. The molecule has 2 fully saturated rings. The average molecular weight is 407 g/mol. The molecule has 0 unspecified atom stereocenters. The van der Waals surface area contributed by atoms with Crippen molar-refractivity contribution in [2.24, 2.45) is 11.8 Å². The highest BCUT2D eigenvalue weighted by atomic mass is 35.5. The molecule has 4 nitrogen and oxygen atoms in total. The maximum atomic E-state index is 12.1. The van der Waals surface area contributed by atoms with Gasteiger partial charge in [-0.15, -0.1) is 0 Å². The van der Waals surface area contributed by atoms with E-state index in [1.54, 1.807) is 0 Å². The largest absolute Gasteiger partial charge is 0.490 e. The third-order valence-corrected chi connectivity index (χ3v) is 6.48. The zero-order chi connectivity index (χ0) is 20.3. The highest BCUT2D eigenvalue weighted by Gasteiger charge is 2.32. The van der Waals surface area contributed by atoms with Crippen LogP contribution in [-0.4, -0.2) is 48.0 Å². The highest BCUT2D eigenvalue weighted by Crippen LogP contribution is 2.34. The fourth-order valence-corrected chi connectivity index (χ4v) is 4.51. The quantitative estimate of drug-likeness (QED) is 0.609. The van der Waals surface area contributed by atoms with E-state index in [9.17, 15) is 4.79 Å². The van der Waals surface area contributed by atoms with Crippen LogP contribution in [0.1, 0.15) is 58.4 Å². The number of amides is 1. The average Bonchev–Trinajstić information content (AvgIpc) is 2.99. The number of hydrogen-bond donors (Lipinski definition) is 0. The van der Waals surface area contributed by atoms with Crippen molar-refractivity contribution in [3.8, 4) is 5.75 Å². The van der Waals surface area contributed by atoms with Gasteiger partial charge < -0.3 is 9.64 Å². The standard InChI is InChI=1S/C23H35ClN2O2/c1-16(2)10-23(27)25(4)14-18-11-21(12-18)28-20-8-7-19(22(24)13-20)15-26-9-5-6-17(26)3/h7-8,13,16-18,21H,5-6,9-12,14-15H2,1-4H3/t17-,18?,21?/m0/s1. The molecule has 156 valence electrons. The van der Waals surface area contributed by atoms with E-state index in [4.69, 9.17) is 16.3 Å². The Hall–Kier alpha value is -1.26. The third kappa shape index (κ3) is 5.64. The van der Waals surface area contributed by atoms with Gasteiger partial charge in [0.25, 0.3) is 0 Å². The van der Waals surface area contributed by atoms with Crippen molar-refractivity contribution in [3.05, 3.63) is 28.8 Å². The third-order valence-electron chi connectivity index (χ3n) is 6.12. The van der Waals surface area contributed by atoms with E-state index in [1.165, 1.54) is 18.4 Å². The summed E-state index contributed by atoms with van der Waals surface area (Å²) in [5.41, 5.74) is 1.18. The van der Waals surface area contributed by atoms with Crippen molar-refractivity contribution in [3.63, 3.8) is 0 Å². The summed E-state index contributed by atoms with van der Waals surface area (Å²) in [7, 11) is 1.92. The molecule has 3 rings (SSSR count). The van der Waals surface area contributed by atoms with Gasteiger partial charge in [-0.25, -0.2) is 0 Å². The van der Waals surface area contributed by atoms with Gasteiger partial charge in [-0.2, -0.15) is 0 Å². The van der Waals surface area contributed by atoms with Gasteiger partial charge in [-0.3, -0.25) is 9.69 Å². The van der Waals surface area contributed by atoms with Gasteiger partial charge in [0.2, 0.25) is 5.91 Å². The first kappa shape index (κ1) is 21.4. The van der Waals surface area contributed by atoms with Crippen LogP contribution in [0.2, 0.25) is 5.02 Å². The van der Waals surface area contributed by atoms with Crippen LogP contribution in [0.5, 0.6) is 5.75 Å². The Balaban J connectivity index is 1.43. The zero-order valence-electron chi connectivity index (χ0n) is 17.8. The van der Waals surface area contributed by atoms with Gasteiger partial charge in [0.1, 0.15) is 5.75 Å². The Labute approximate surface area is 175 Å². The Bertz CT molecular complexity index is 673. The van der Waals surface area contributed by atoms with Crippen LogP contribution < -0.4 is 4.74 Å². The molecule has 0 spiro atoms. The smallest absolute Gasteiger partial charge is 0.222 e. The summed E-state index contributed by atoms with van der Waals surface area (Å²) in [6.45, 7) is 9.37. The summed E-state index contributed by atoms with van der Waals surface area (Å²) in [5, 5.41) is 0.798. The second-order valence-corrected chi connectivity index (χ2v) is 9.57. The molecule has 1 amide bonds. The maximum Gasteiger partial charge on any atom is 0.222 e. The molecule has 1 saturated heterocycles. The molecule has 5 heteroatoms. The monoisotopic (exact) mass is 406 g/mol. The summed E-state index contributed by atoms with van der Waals surface area (Å²) in [5.74, 6) is 2.05. The van der Waals surface area contributed by atoms with Gasteiger partial charge >= 0.3 is 0 Å². The lowest BCUT2D eigenvalue weighted by Gasteiger charge is -2.37. The summed E-state index contributed by atoms with van der Waals surface area (Å²) < 4.78 is 6.11. The Morgan fingerprint density at radius 3 is 2.71 bits per heavy atom. The number of carbonyl (C=O) groups is 1. The lowest BCUT2D eigenvalue weighted by Crippen LogP contribution is -2.42. The summed E-state index contributed by atoms with van der Waals surface area (Å²) in [6, 6.07) is 6.76. The van der Waals surface area contributed by atoms with E-state index in [0.29, 0.717) is 24.3 Å². The predicted molar refractivity (Wildman–Crippen MR) is 115 cm³/mol. The van der Waals surface area contributed by atoms with Crippen LogP contribution >= 0.6 is 11.6 Å². The number of hydrogen-bond acceptors (Lipinski definition) is 3. The minimum atomic E-state index is 0.235. The van der Waals surface area contributed by atoms with Gasteiger partial charge in [-0.1, -0.05) is 31.5 Å². The van der Waals surface area contributed by atoms with Crippen molar-refractivity contribution in [2.45, 2.75) is 71.6 Å². The Kier molecular flexibility index (Phi) is 7.27. The van der Waals surface area contributed by atoms with Crippen molar-refractivity contribution in [2.75, 3.05) is 20.1 Å². The van der Waals surface area contributed by atoms with Crippen molar-refractivity contribution < 1.29 is 9.53 Å². The summed E-state index contributed by atoms with van der Waals surface area (Å²) in [4.78, 5) is 16.5. The molecular formula is C23H35ClN2O2. The number of benzene rings is 1. The van der Waals surface area contributed by atoms with E-state index >= 15 is 0 Å². The molecule has 0 aromatic heterocycles. The van der Waals surface area contributed by atoms with E-state index in [1.807, 2.05) is 24.1 Å². The van der Waals surface area contributed by atoms with E-state index in [0.717, 1.165) is 43.2 Å². The normalized spacial score (nSPS) is 25.0. The molecule has 0 bridgehead atoms. The topological polar surface area (TPSA) is 32.8 Å². The number of ether oxygens (including phenoxy) is 1. The molecule has 1 atom stereocenters. The molecule has 1 aromatic rings. The van der Waals surface area contributed by atoms with Crippen LogP contribution in [0.15, 0.2) is 18.2 Å². The van der Waals surface area contributed by atoms with Gasteiger partial charge in [0.15, 0.2) is 0 Å². The molecule has 28 heavy (non-hydrogen) atoms. The van der Waals surface area contributed by atoms with E-state index in [2.05, 4.69) is 31.7 Å². The molecule has 0 radical (unpaired) electrons. The molecule has 1 aromatic carbocycles. The van der Waals surface area contributed by atoms with Crippen molar-refractivity contribution >= 4 is 17.5 Å². The number of likely N-dealkylation sites (tertiary alicyclic amines) is 1. The van der Waals surface area contributed by atoms with Gasteiger partial charge in [0, 0.05) is 37.6 Å². The molecule has 1 saturated carbocycles. The summed E-state index contributed by atoms with van der Waals surface area (Å²) >= 11 is 6.52. The Morgan fingerprint density at radius 1 is 1.36 bits per heavy atom. The number of nitrogens with zero attached hydrogens (tertiary/aromatic N) is 2. The fourth-order valence-electron chi connectivity index (χ4n) is 4.28. The SMILES string of the molecule is CC(C)CC(=O)N(C)CC1CC(Oc2ccc(CN3CCC[C@@H]3C)c(Cl)c2)C1. The number of carbonyl (C=O) groups excluding carboxylic acids is 1. The molecule has 1 heterocycles. The fraction of sp³-hybridized carbons (Fsp3) is 0.696. The van der Waals surface area contributed by atoms with E-state index < -0.39 is 0 Å².